The maximum atomic E-state index is 5.38. The zero-order chi connectivity index (χ0) is 9.80. The Kier molecular flexibility index (Phi) is 3.82. The van der Waals surface area contributed by atoms with Gasteiger partial charge in [-0.3, -0.25) is 0 Å². The molecule has 1 aliphatic heterocycles. The Labute approximate surface area is 87.4 Å². The third kappa shape index (κ3) is 2.71. The molecule has 2 heteroatoms. The van der Waals surface area contributed by atoms with Gasteiger partial charge in [0.25, 0.3) is 0 Å². The topological polar surface area (TPSA) is 21.3 Å². The molecule has 1 saturated heterocycles. The monoisotopic (exact) mass is 197 g/mol. The minimum atomic E-state index is 0.731. The fourth-order valence-corrected chi connectivity index (χ4v) is 2.73. The van der Waals surface area contributed by atoms with Crippen LogP contribution in [-0.2, 0) is 4.74 Å². The third-order valence-corrected chi connectivity index (χ3v) is 3.78. The zero-order valence-electron chi connectivity index (χ0n) is 9.30. The van der Waals surface area contributed by atoms with E-state index in [4.69, 9.17) is 4.74 Å². The molecule has 0 aromatic rings. The van der Waals surface area contributed by atoms with Crippen LogP contribution in [0.15, 0.2) is 0 Å². The van der Waals surface area contributed by atoms with Gasteiger partial charge in [0, 0.05) is 25.3 Å². The van der Waals surface area contributed by atoms with Crippen molar-refractivity contribution in [3.8, 4) is 0 Å². The number of rotatable bonds is 2. The van der Waals surface area contributed by atoms with Gasteiger partial charge >= 0.3 is 0 Å². The minimum Gasteiger partial charge on any atom is -0.381 e. The summed E-state index contributed by atoms with van der Waals surface area (Å²) >= 11 is 0. The summed E-state index contributed by atoms with van der Waals surface area (Å²) in [6, 6.07) is 1.51. The standard InChI is InChI=1S/C12H23NO/c1-10-4-2-3-5-12(10)13-11-6-8-14-9-7-11/h10-13H,2-9H2,1H3/t10-,12+/m0/s1. The van der Waals surface area contributed by atoms with E-state index in [1.807, 2.05) is 0 Å². The van der Waals surface area contributed by atoms with E-state index in [1.54, 1.807) is 0 Å². The van der Waals surface area contributed by atoms with Crippen molar-refractivity contribution in [3.63, 3.8) is 0 Å². The molecular formula is C12H23NO. The van der Waals surface area contributed by atoms with Crippen LogP contribution in [0.5, 0.6) is 0 Å². The molecule has 0 aromatic carbocycles. The van der Waals surface area contributed by atoms with Crippen LogP contribution >= 0.6 is 0 Å². The Bertz CT molecular complexity index is 166. The van der Waals surface area contributed by atoms with Crippen molar-refractivity contribution in [2.75, 3.05) is 13.2 Å². The molecular weight excluding hydrogens is 174 g/mol. The number of hydrogen-bond donors (Lipinski definition) is 1. The van der Waals surface area contributed by atoms with E-state index in [9.17, 15) is 0 Å². The Hall–Kier alpha value is -0.0800. The molecule has 2 atom stereocenters. The van der Waals surface area contributed by atoms with Crippen LogP contribution in [0.2, 0.25) is 0 Å². The highest BCUT2D eigenvalue weighted by Crippen LogP contribution is 2.25. The number of hydrogen-bond acceptors (Lipinski definition) is 2. The molecule has 1 N–H and O–H groups in total. The Morgan fingerprint density at radius 1 is 1.00 bits per heavy atom. The summed E-state index contributed by atoms with van der Waals surface area (Å²) in [4.78, 5) is 0. The van der Waals surface area contributed by atoms with Crippen molar-refractivity contribution in [1.82, 2.24) is 5.32 Å². The molecule has 2 rings (SSSR count). The van der Waals surface area contributed by atoms with Crippen LogP contribution < -0.4 is 5.32 Å². The molecule has 82 valence electrons. The van der Waals surface area contributed by atoms with E-state index >= 15 is 0 Å². The maximum absolute atomic E-state index is 5.38. The van der Waals surface area contributed by atoms with Crippen LogP contribution in [0.1, 0.15) is 45.4 Å². The molecule has 2 nitrogen and oxygen atoms in total. The van der Waals surface area contributed by atoms with E-state index in [2.05, 4.69) is 12.2 Å². The molecule has 0 unspecified atom stereocenters. The van der Waals surface area contributed by atoms with Crippen molar-refractivity contribution < 1.29 is 4.74 Å². The van der Waals surface area contributed by atoms with Gasteiger partial charge in [-0.2, -0.15) is 0 Å². The summed E-state index contributed by atoms with van der Waals surface area (Å²) in [6.45, 7) is 4.31. The molecule has 2 fully saturated rings. The smallest absolute Gasteiger partial charge is 0.0480 e. The first-order valence-corrected chi connectivity index (χ1v) is 6.20. The SMILES string of the molecule is C[C@H]1CCCC[C@H]1NC1CCOCC1. The van der Waals surface area contributed by atoms with E-state index in [-0.39, 0.29) is 0 Å². The molecule has 0 amide bonds. The summed E-state index contributed by atoms with van der Waals surface area (Å²) < 4.78 is 5.38. The quantitative estimate of drug-likeness (QED) is 0.733. The van der Waals surface area contributed by atoms with Gasteiger partial charge in [-0.25, -0.2) is 0 Å². The molecule has 0 bridgehead atoms. The third-order valence-electron chi connectivity index (χ3n) is 3.78. The Morgan fingerprint density at radius 2 is 1.71 bits per heavy atom. The predicted molar refractivity (Wildman–Crippen MR) is 58.4 cm³/mol. The van der Waals surface area contributed by atoms with Gasteiger partial charge in [0.05, 0.1) is 0 Å². The number of ether oxygens (including phenoxy) is 1. The average molecular weight is 197 g/mol. The van der Waals surface area contributed by atoms with E-state index < -0.39 is 0 Å². The second-order valence-electron chi connectivity index (χ2n) is 4.92. The summed E-state index contributed by atoms with van der Waals surface area (Å²) in [5, 5.41) is 3.83. The zero-order valence-corrected chi connectivity index (χ0v) is 9.30. The first kappa shape index (κ1) is 10.4. The van der Waals surface area contributed by atoms with Crippen molar-refractivity contribution in [2.45, 2.75) is 57.5 Å². The lowest BCUT2D eigenvalue weighted by molar-refractivity contribution is 0.0701. The summed E-state index contributed by atoms with van der Waals surface area (Å²) in [6.07, 6.45) is 8.09. The Morgan fingerprint density at radius 3 is 2.43 bits per heavy atom. The fraction of sp³-hybridized carbons (Fsp3) is 1.00. The van der Waals surface area contributed by atoms with Crippen LogP contribution in [0.3, 0.4) is 0 Å². The second-order valence-corrected chi connectivity index (χ2v) is 4.92. The molecule has 1 saturated carbocycles. The van der Waals surface area contributed by atoms with Crippen molar-refractivity contribution in [1.29, 1.82) is 0 Å². The van der Waals surface area contributed by atoms with Crippen LogP contribution in [0.4, 0.5) is 0 Å². The summed E-state index contributed by atoms with van der Waals surface area (Å²) in [5.41, 5.74) is 0. The normalized spacial score (nSPS) is 35.8. The van der Waals surface area contributed by atoms with Gasteiger partial charge in [0.15, 0.2) is 0 Å². The molecule has 14 heavy (non-hydrogen) atoms. The van der Waals surface area contributed by atoms with Gasteiger partial charge in [0.2, 0.25) is 0 Å². The summed E-state index contributed by atoms with van der Waals surface area (Å²) in [5.74, 6) is 0.881. The van der Waals surface area contributed by atoms with Crippen molar-refractivity contribution in [2.24, 2.45) is 5.92 Å². The van der Waals surface area contributed by atoms with Gasteiger partial charge in [-0.15, -0.1) is 0 Å². The lowest BCUT2D eigenvalue weighted by Crippen LogP contribution is -2.45. The van der Waals surface area contributed by atoms with Gasteiger partial charge < -0.3 is 10.1 Å². The van der Waals surface area contributed by atoms with Crippen LogP contribution in [0, 0.1) is 5.92 Å². The predicted octanol–water partition coefficient (Wildman–Crippen LogP) is 2.33. The lowest BCUT2D eigenvalue weighted by atomic mass is 9.85. The molecule has 0 aromatic heterocycles. The van der Waals surface area contributed by atoms with Crippen LogP contribution in [0.25, 0.3) is 0 Å². The van der Waals surface area contributed by atoms with E-state index in [1.165, 1.54) is 38.5 Å². The molecule has 1 heterocycles. The summed E-state index contributed by atoms with van der Waals surface area (Å²) in [7, 11) is 0. The highest BCUT2D eigenvalue weighted by Gasteiger charge is 2.24. The van der Waals surface area contributed by atoms with E-state index in [0.29, 0.717) is 0 Å². The number of nitrogens with one attached hydrogen (secondary N) is 1. The van der Waals surface area contributed by atoms with Gasteiger partial charge in [-0.1, -0.05) is 19.8 Å². The fourth-order valence-electron chi connectivity index (χ4n) is 2.73. The first-order valence-electron chi connectivity index (χ1n) is 6.20. The largest absolute Gasteiger partial charge is 0.381 e. The van der Waals surface area contributed by atoms with E-state index in [0.717, 1.165) is 31.2 Å². The molecule has 0 spiro atoms. The highest BCUT2D eigenvalue weighted by molar-refractivity contribution is 4.82. The Balaban J connectivity index is 1.76. The maximum Gasteiger partial charge on any atom is 0.0480 e. The van der Waals surface area contributed by atoms with Crippen LogP contribution in [-0.4, -0.2) is 25.3 Å². The second kappa shape index (κ2) is 5.13. The van der Waals surface area contributed by atoms with Crippen molar-refractivity contribution in [3.05, 3.63) is 0 Å². The minimum absolute atomic E-state index is 0.731. The lowest BCUT2D eigenvalue weighted by Gasteiger charge is -2.34. The van der Waals surface area contributed by atoms with Gasteiger partial charge in [-0.05, 0) is 31.6 Å². The van der Waals surface area contributed by atoms with Gasteiger partial charge in [0.1, 0.15) is 0 Å². The first-order chi connectivity index (χ1) is 6.86. The molecule has 2 aliphatic rings. The average Bonchev–Trinajstić information content (AvgIpc) is 2.23. The van der Waals surface area contributed by atoms with Crippen molar-refractivity contribution >= 4 is 0 Å². The molecule has 1 aliphatic carbocycles. The highest BCUT2D eigenvalue weighted by atomic mass is 16.5. The molecule has 0 radical (unpaired) electrons.